The number of ketones is 1. The van der Waals surface area contributed by atoms with E-state index in [4.69, 9.17) is 5.11 Å². The summed E-state index contributed by atoms with van der Waals surface area (Å²) >= 11 is 0. The zero-order chi connectivity index (χ0) is 9.02. The van der Waals surface area contributed by atoms with Gasteiger partial charge in [-0.15, -0.1) is 0 Å². The molecule has 1 unspecified atom stereocenters. The molecule has 0 rings (SSSR count). The maximum Gasteiger partial charge on any atom is 0.372 e. The van der Waals surface area contributed by atoms with Gasteiger partial charge in [-0.2, -0.15) is 0 Å². The zero-order valence-corrected chi connectivity index (χ0v) is 6.92. The Morgan fingerprint density at radius 2 is 1.82 bits per heavy atom. The average molecular weight is 156 g/mol. The van der Waals surface area contributed by atoms with Crippen molar-refractivity contribution in [3.63, 3.8) is 0 Å². The largest absolute Gasteiger partial charge is 0.475 e. The van der Waals surface area contributed by atoms with Crippen LogP contribution in [0.3, 0.4) is 0 Å². The Labute approximate surface area is 65.7 Å². The summed E-state index contributed by atoms with van der Waals surface area (Å²) in [6.07, 6.45) is 1.64. The number of hydrogen-bond donors (Lipinski definition) is 1. The van der Waals surface area contributed by atoms with Crippen molar-refractivity contribution < 1.29 is 14.7 Å². The molecule has 62 valence electrons. The number of carboxylic acids is 1. The molecular weight excluding hydrogens is 144 g/mol. The van der Waals surface area contributed by atoms with E-state index < -0.39 is 17.7 Å². The van der Waals surface area contributed by atoms with E-state index in [1.807, 2.05) is 13.8 Å². The average Bonchev–Trinajstić information content (AvgIpc) is 1.84. The summed E-state index contributed by atoms with van der Waals surface area (Å²) in [4.78, 5) is 20.9. The van der Waals surface area contributed by atoms with E-state index >= 15 is 0 Å². The van der Waals surface area contributed by atoms with Crippen LogP contribution in [0.25, 0.3) is 0 Å². The van der Waals surface area contributed by atoms with Gasteiger partial charge in [0.1, 0.15) is 0 Å². The van der Waals surface area contributed by atoms with Gasteiger partial charge in [0, 0.05) is 5.92 Å². The summed E-state index contributed by atoms with van der Waals surface area (Å²) in [5, 5.41) is 8.29. The highest BCUT2D eigenvalue weighted by Gasteiger charge is 2.17. The van der Waals surface area contributed by atoms with Crippen molar-refractivity contribution in [1.29, 1.82) is 0 Å². The van der Waals surface area contributed by atoms with Gasteiger partial charge in [-0.3, -0.25) is 4.79 Å². The number of carbonyl (C=O) groups excluding carboxylic acids is 1. The predicted molar refractivity (Wildman–Crippen MR) is 41.2 cm³/mol. The van der Waals surface area contributed by atoms with Crippen molar-refractivity contribution in [3.05, 3.63) is 11.6 Å². The fourth-order valence-electron chi connectivity index (χ4n) is 0.770. The number of rotatable bonds is 3. The van der Waals surface area contributed by atoms with Crippen molar-refractivity contribution in [2.75, 3.05) is 0 Å². The monoisotopic (exact) mass is 156 g/mol. The number of carbonyl (C=O) groups is 2. The Kier molecular flexibility index (Phi) is 3.51. The van der Waals surface area contributed by atoms with E-state index in [0.29, 0.717) is 0 Å². The second-order valence-electron chi connectivity index (χ2n) is 2.70. The first kappa shape index (κ1) is 9.88. The van der Waals surface area contributed by atoms with E-state index in [0.717, 1.165) is 5.57 Å². The lowest BCUT2D eigenvalue weighted by Crippen LogP contribution is -2.19. The van der Waals surface area contributed by atoms with Crippen molar-refractivity contribution in [3.8, 4) is 0 Å². The molecular formula is C8H12O3. The number of aliphatic carboxylic acids is 1. The van der Waals surface area contributed by atoms with Gasteiger partial charge in [-0.1, -0.05) is 18.6 Å². The van der Waals surface area contributed by atoms with Crippen molar-refractivity contribution in [2.45, 2.75) is 20.8 Å². The maximum atomic E-state index is 10.7. The van der Waals surface area contributed by atoms with Gasteiger partial charge in [0.25, 0.3) is 0 Å². The van der Waals surface area contributed by atoms with Crippen LogP contribution >= 0.6 is 0 Å². The van der Waals surface area contributed by atoms with Crippen LogP contribution in [0, 0.1) is 5.92 Å². The molecule has 1 atom stereocenters. The van der Waals surface area contributed by atoms with Crippen LogP contribution in [-0.4, -0.2) is 16.9 Å². The Bertz CT molecular complexity index is 199. The summed E-state index contributed by atoms with van der Waals surface area (Å²) in [6, 6.07) is 0. The molecule has 11 heavy (non-hydrogen) atoms. The zero-order valence-electron chi connectivity index (χ0n) is 6.92. The topological polar surface area (TPSA) is 54.4 Å². The highest BCUT2D eigenvalue weighted by atomic mass is 16.4. The minimum atomic E-state index is -1.37. The number of Topliss-reactive ketones (excluding diaryl/α,β-unsaturated/α-hetero) is 1. The molecule has 0 heterocycles. The van der Waals surface area contributed by atoms with Crippen LogP contribution in [-0.2, 0) is 9.59 Å². The molecule has 0 radical (unpaired) electrons. The van der Waals surface area contributed by atoms with E-state index in [-0.39, 0.29) is 0 Å². The standard InChI is InChI=1S/C8H12O3/c1-5(2)4-6(3)7(9)8(10)11/h4,6H,1-3H3,(H,10,11). The van der Waals surface area contributed by atoms with Crippen molar-refractivity contribution in [2.24, 2.45) is 5.92 Å². The predicted octanol–water partition coefficient (Wildman–Crippen LogP) is 1.24. The van der Waals surface area contributed by atoms with Gasteiger partial charge in [0.2, 0.25) is 5.78 Å². The van der Waals surface area contributed by atoms with E-state index in [1.54, 1.807) is 13.0 Å². The Balaban J connectivity index is 4.27. The smallest absolute Gasteiger partial charge is 0.372 e. The summed E-state index contributed by atoms with van der Waals surface area (Å²) < 4.78 is 0. The van der Waals surface area contributed by atoms with Crippen molar-refractivity contribution >= 4 is 11.8 Å². The molecule has 3 nitrogen and oxygen atoms in total. The molecule has 0 amide bonds. The van der Waals surface area contributed by atoms with Crippen molar-refractivity contribution in [1.82, 2.24) is 0 Å². The molecule has 0 aromatic heterocycles. The van der Waals surface area contributed by atoms with Crippen LogP contribution in [0.1, 0.15) is 20.8 Å². The SMILES string of the molecule is CC(C)=CC(C)C(=O)C(=O)O. The fourth-order valence-corrected chi connectivity index (χ4v) is 0.770. The van der Waals surface area contributed by atoms with Crippen LogP contribution in [0.2, 0.25) is 0 Å². The van der Waals surface area contributed by atoms with Gasteiger partial charge in [0.05, 0.1) is 0 Å². The lowest BCUT2D eigenvalue weighted by molar-refractivity contribution is -0.150. The molecule has 0 aromatic carbocycles. The molecule has 0 bridgehead atoms. The molecule has 0 saturated carbocycles. The molecule has 0 aliphatic carbocycles. The molecule has 0 aliphatic heterocycles. The van der Waals surface area contributed by atoms with Crippen LogP contribution < -0.4 is 0 Å². The molecule has 0 saturated heterocycles. The molecule has 0 aliphatic rings. The lowest BCUT2D eigenvalue weighted by Gasteiger charge is -2.00. The van der Waals surface area contributed by atoms with Gasteiger partial charge in [0.15, 0.2) is 0 Å². The third-order valence-electron chi connectivity index (χ3n) is 1.21. The second-order valence-corrected chi connectivity index (χ2v) is 2.70. The van der Waals surface area contributed by atoms with Crippen LogP contribution in [0.5, 0.6) is 0 Å². The maximum absolute atomic E-state index is 10.7. The fraction of sp³-hybridized carbons (Fsp3) is 0.500. The van der Waals surface area contributed by atoms with E-state index in [2.05, 4.69) is 0 Å². The molecule has 0 aromatic rings. The Morgan fingerprint density at radius 1 is 1.36 bits per heavy atom. The lowest BCUT2D eigenvalue weighted by atomic mass is 10.0. The molecule has 3 heteroatoms. The number of hydrogen-bond acceptors (Lipinski definition) is 2. The Morgan fingerprint density at radius 3 is 2.09 bits per heavy atom. The quantitative estimate of drug-likeness (QED) is 0.494. The number of allylic oxidation sites excluding steroid dienone is 2. The third-order valence-corrected chi connectivity index (χ3v) is 1.21. The van der Waals surface area contributed by atoms with Gasteiger partial charge < -0.3 is 5.11 Å². The summed E-state index contributed by atoms with van der Waals surface area (Å²) in [7, 11) is 0. The van der Waals surface area contributed by atoms with E-state index in [9.17, 15) is 9.59 Å². The molecule has 0 spiro atoms. The van der Waals surface area contributed by atoms with Crippen LogP contribution in [0.15, 0.2) is 11.6 Å². The molecule has 0 fully saturated rings. The summed E-state index contributed by atoms with van der Waals surface area (Å²) in [5.41, 5.74) is 0.951. The first-order chi connectivity index (χ1) is 4.95. The normalized spacial score (nSPS) is 11.9. The van der Waals surface area contributed by atoms with Gasteiger partial charge in [-0.05, 0) is 13.8 Å². The Hall–Kier alpha value is -1.12. The number of carboxylic acid groups (broad SMARTS) is 1. The second kappa shape index (κ2) is 3.91. The van der Waals surface area contributed by atoms with Gasteiger partial charge >= 0.3 is 5.97 Å². The van der Waals surface area contributed by atoms with Crippen LogP contribution in [0.4, 0.5) is 0 Å². The highest BCUT2D eigenvalue weighted by molar-refractivity contribution is 6.33. The first-order valence-electron chi connectivity index (χ1n) is 3.37. The van der Waals surface area contributed by atoms with E-state index in [1.165, 1.54) is 0 Å². The minimum absolute atomic E-state index is 0.516. The summed E-state index contributed by atoms with van der Waals surface area (Å²) in [5.74, 6) is -2.64. The highest BCUT2D eigenvalue weighted by Crippen LogP contribution is 2.03. The first-order valence-corrected chi connectivity index (χ1v) is 3.37. The summed E-state index contributed by atoms with van der Waals surface area (Å²) in [6.45, 7) is 5.22. The third kappa shape index (κ3) is 3.55. The molecule has 1 N–H and O–H groups in total. The van der Waals surface area contributed by atoms with Gasteiger partial charge in [-0.25, -0.2) is 4.79 Å². The minimum Gasteiger partial charge on any atom is -0.475 e.